The van der Waals surface area contributed by atoms with Crippen molar-refractivity contribution in [3.05, 3.63) is 54.1 Å². The highest BCUT2D eigenvalue weighted by atomic mass is 32.2. The van der Waals surface area contributed by atoms with Crippen LogP contribution in [0.15, 0.2) is 53.7 Å². The molecule has 1 atom stereocenters. The van der Waals surface area contributed by atoms with Gasteiger partial charge in [0.2, 0.25) is 5.91 Å². The van der Waals surface area contributed by atoms with Crippen LogP contribution in [0.1, 0.15) is 19.4 Å². The fourth-order valence-electron chi connectivity index (χ4n) is 2.58. The van der Waals surface area contributed by atoms with Crippen LogP contribution in [0.3, 0.4) is 0 Å². The van der Waals surface area contributed by atoms with Crippen LogP contribution in [0.25, 0.3) is 11.0 Å². The van der Waals surface area contributed by atoms with Crippen LogP contribution in [-0.4, -0.2) is 20.7 Å². The Kier molecular flexibility index (Phi) is 5.05. The van der Waals surface area contributed by atoms with E-state index in [9.17, 15) is 4.79 Å². The summed E-state index contributed by atoms with van der Waals surface area (Å²) in [6.07, 6.45) is 0. The van der Waals surface area contributed by atoms with Gasteiger partial charge in [0, 0.05) is 6.54 Å². The molecule has 1 N–H and O–H groups in total. The van der Waals surface area contributed by atoms with Crippen molar-refractivity contribution in [2.75, 3.05) is 5.32 Å². The molecule has 0 aliphatic carbocycles. The van der Waals surface area contributed by atoms with Gasteiger partial charge < -0.3 is 9.88 Å². The topological polar surface area (TPSA) is 70.7 Å². The lowest BCUT2D eigenvalue weighted by Crippen LogP contribution is -2.23. The molecule has 0 saturated carbocycles. The number of anilines is 1. The van der Waals surface area contributed by atoms with E-state index >= 15 is 0 Å². The van der Waals surface area contributed by atoms with E-state index in [0.717, 1.165) is 22.7 Å². The van der Waals surface area contributed by atoms with Crippen molar-refractivity contribution in [3.8, 4) is 6.07 Å². The number of amides is 1. The summed E-state index contributed by atoms with van der Waals surface area (Å²) in [4.78, 5) is 17.2. The van der Waals surface area contributed by atoms with E-state index in [-0.39, 0.29) is 11.2 Å². The lowest BCUT2D eigenvalue weighted by molar-refractivity contribution is -0.115. The monoisotopic (exact) mass is 350 g/mol. The molecule has 126 valence electrons. The number of fused-ring (bicyclic) bond motifs is 1. The average Bonchev–Trinajstić information content (AvgIpc) is 2.99. The van der Waals surface area contributed by atoms with E-state index < -0.39 is 0 Å². The molecule has 0 radical (unpaired) electrons. The molecule has 0 unspecified atom stereocenters. The van der Waals surface area contributed by atoms with Gasteiger partial charge in [-0.05, 0) is 38.1 Å². The maximum absolute atomic E-state index is 12.5. The Morgan fingerprint density at radius 1 is 1.28 bits per heavy atom. The molecule has 0 fully saturated rings. The molecule has 0 aliphatic heterocycles. The Morgan fingerprint density at radius 2 is 2.00 bits per heavy atom. The maximum Gasteiger partial charge on any atom is 0.237 e. The Labute approximate surface area is 150 Å². The van der Waals surface area contributed by atoms with E-state index in [1.54, 1.807) is 24.3 Å². The van der Waals surface area contributed by atoms with Gasteiger partial charge in [0.1, 0.15) is 6.07 Å². The van der Waals surface area contributed by atoms with Gasteiger partial charge in [-0.1, -0.05) is 36.0 Å². The number of aromatic nitrogens is 2. The molecule has 1 aromatic heterocycles. The Hall–Kier alpha value is -2.78. The highest BCUT2D eigenvalue weighted by Gasteiger charge is 2.19. The smallest absolute Gasteiger partial charge is 0.237 e. The number of aryl methyl sites for hydroxylation is 1. The summed E-state index contributed by atoms with van der Waals surface area (Å²) in [5.74, 6) is -0.151. The number of hydrogen-bond acceptors (Lipinski definition) is 4. The van der Waals surface area contributed by atoms with Crippen LogP contribution in [0.5, 0.6) is 0 Å². The van der Waals surface area contributed by atoms with Gasteiger partial charge in [0.15, 0.2) is 5.16 Å². The van der Waals surface area contributed by atoms with E-state index in [2.05, 4.69) is 27.9 Å². The number of hydrogen-bond donors (Lipinski definition) is 1. The zero-order valence-electron chi connectivity index (χ0n) is 14.1. The predicted octanol–water partition coefficient (Wildman–Crippen LogP) is 4.05. The first kappa shape index (κ1) is 17.1. The van der Waals surface area contributed by atoms with E-state index in [1.165, 1.54) is 11.8 Å². The van der Waals surface area contributed by atoms with Gasteiger partial charge in [0.25, 0.3) is 0 Å². The molecule has 5 nitrogen and oxygen atoms in total. The van der Waals surface area contributed by atoms with E-state index in [0.29, 0.717) is 11.3 Å². The fraction of sp³-hybridized carbons (Fsp3) is 0.211. The van der Waals surface area contributed by atoms with Crippen LogP contribution in [-0.2, 0) is 11.3 Å². The van der Waals surface area contributed by atoms with Gasteiger partial charge in [-0.25, -0.2) is 4.98 Å². The first-order valence-corrected chi connectivity index (χ1v) is 8.94. The quantitative estimate of drug-likeness (QED) is 0.705. The van der Waals surface area contributed by atoms with Gasteiger partial charge in [0.05, 0.1) is 27.5 Å². The fourth-order valence-corrected chi connectivity index (χ4v) is 3.57. The van der Waals surface area contributed by atoms with Gasteiger partial charge >= 0.3 is 0 Å². The van der Waals surface area contributed by atoms with Gasteiger partial charge in [-0.2, -0.15) is 5.26 Å². The number of thioether (sulfide) groups is 1. The van der Waals surface area contributed by atoms with E-state index in [4.69, 9.17) is 5.26 Å². The maximum atomic E-state index is 12.5. The molecule has 1 heterocycles. The second kappa shape index (κ2) is 7.41. The number of rotatable bonds is 5. The predicted molar refractivity (Wildman–Crippen MR) is 101 cm³/mol. The third kappa shape index (κ3) is 3.52. The number of nitrogens with one attached hydrogen (secondary N) is 1. The van der Waals surface area contributed by atoms with Crippen LogP contribution in [0, 0.1) is 11.3 Å². The van der Waals surface area contributed by atoms with Crippen molar-refractivity contribution < 1.29 is 4.79 Å². The minimum atomic E-state index is -0.339. The van der Waals surface area contributed by atoms with Crippen molar-refractivity contribution >= 4 is 34.4 Å². The largest absolute Gasteiger partial charge is 0.324 e. The zero-order valence-corrected chi connectivity index (χ0v) is 14.9. The number of imidazole rings is 1. The molecule has 0 saturated heterocycles. The molecule has 0 spiro atoms. The second-order valence-corrected chi connectivity index (χ2v) is 6.84. The summed E-state index contributed by atoms with van der Waals surface area (Å²) in [6.45, 7) is 4.69. The minimum absolute atomic E-state index is 0.151. The second-order valence-electron chi connectivity index (χ2n) is 5.53. The summed E-state index contributed by atoms with van der Waals surface area (Å²) in [6, 6.07) is 17.0. The van der Waals surface area contributed by atoms with Crippen LogP contribution < -0.4 is 5.32 Å². The number of benzene rings is 2. The SMILES string of the molecule is CCn1c(S[C@@H](C)C(=O)Nc2ccccc2C#N)nc2ccccc21. The molecular weight excluding hydrogens is 332 g/mol. The molecular formula is C19H18N4OS. The van der Waals surface area contributed by atoms with Crippen molar-refractivity contribution in [1.82, 2.24) is 9.55 Å². The minimum Gasteiger partial charge on any atom is -0.324 e. The summed E-state index contributed by atoms with van der Waals surface area (Å²) in [5, 5.41) is 12.4. The van der Waals surface area contributed by atoms with Gasteiger partial charge in [-0.15, -0.1) is 0 Å². The van der Waals surface area contributed by atoms with Gasteiger partial charge in [-0.3, -0.25) is 4.79 Å². The van der Waals surface area contributed by atoms with Crippen molar-refractivity contribution in [3.63, 3.8) is 0 Å². The number of carbonyl (C=O) groups is 1. The number of nitriles is 1. The lowest BCUT2D eigenvalue weighted by atomic mass is 10.2. The third-order valence-electron chi connectivity index (χ3n) is 3.89. The normalized spacial score (nSPS) is 11.9. The molecule has 3 rings (SSSR count). The molecule has 25 heavy (non-hydrogen) atoms. The van der Waals surface area contributed by atoms with Crippen LogP contribution in [0.2, 0.25) is 0 Å². The lowest BCUT2D eigenvalue weighted by Gasteiger charge is -2.13. The summed E-state index contributed by atoms with van der Waals surface area (Å²) in [5.41, 5.74) is 2.98. The number of carbonyl (C=O) groups excluding carboxylic acids is 1. The molecule has 3 aromatic rings. The number of para-hydroxylation sites is 3. The van der Waals surface area contributed by atoms with Crippen molar-refractivity contribution in [2.24, 2.45) is 0 Å². The zero-order chi connectivity index (χ0) is 17.8. The first-order valence-electron chi connectivity index (χ1n) is 8.06. The third-order valence-corrected chi connectivity index (χ3v) is 4.98. The van der Waals surface area contributed by atoms with Crippen molar-refractivity contribution in [1.29, 1.82) is 5.26 Å². The summed E-state index contributed by atoms with van der Waals surface area (Å²) in [7, 11) is 0. The molecule has 2 aromatic carbocycles. The van der Waals surface area contributed by atoms with Crippen LogP contribution in [0.4, 0.5) is 5.69 Å². The molecule has 6 heteroatoms. The molecule has 1 amide bonds. The molecule has 0 aliphatic rings. The first-order chi connectivity index (χ1) is 12.1. The standard InChI is InChI=1S/C19H18N4OS/c1-3-23-17-11-7-6-10-16(17)22-19(23)25-13(2)18(24)21-15-9-5-4-8-14(15)12-20/h4-11,13H,3H2,1-2H3,(H,21,24)/t13-/m0/s1. The summed E-state index contributed by atoms with van der Waals surface area (Å²) >= 11 is 1.42. The Bertz CT molecular complexity index is 957. The highest BCUT2D eigenvalue weighted by molar-refractivity contribution is 8.00. The Morgan fingerprint density at radius 3 is 2.76 bits per heavy atom. The van der Waals surface area contributed by atoms with E-state index in [1.807, 2.05) is 31.2 Å². The number of nitrogens with zero attached hydrogens (tertiary/aromatic N) is 3. The van der Waals surface area contributed by atoms with Crippen molar-refractivity contribution in [2.45, 2.75) is 30.8 Å². The molecule has 0 bridgehead atoms. The van der Waals surface area contributed by atoms with Crippen LogP contribution >= 0.6 is 11.8 Å². The Balaban J connectivity index is 1.79. The average molecular weight is 350 g/mol. The summed E-state index contributed by atoms with van der Waals surface area (Å²) < 4.78 is 2.10. The highest BCUT2D eigenvalue weighted by Crippen LogP contribution is 2.28.